The zero-order valence-electron chi connectivity index (χ0n) is 7.68. The summed E-state index contributed by atoms with van der Waals surface area (Å²) in [7, 11) is 0. The Morgan fingerprint density at radius 3 is 3.20 bits per heavy atom. The lowest BCUT2D eigenvalue weighted by Gasteiger charge is -1.93. The summed E-state index contributed by atoms with van der Waals surface area (Å²) in [5.41, 5.74) is 0. The van der Waals surface area contributed by atoms with Crippen LogP contribution < -0.4 is 5.32 Å². The number of hydrogen-bond donors (Lipinski definition) is 2. The number of nitrogens with zero attached hydrogens (tertiary/aromatic N) is 2. The molecule has 6 heteroatoms. The van der Waals surface area contributed by atoms with Gasteiger partial charge in [0.1, 0.15) is 6.33 Å². The third-order valence-corrected chi connectivity index (χ3v) is 2.44. The second kappa shape index (κ2) is 4.52. The number of amides is 1. The molecular formula is C9H8N4OS. The summed E-state index contributed by atoms with van der Waals surface area (Å²) in [5, 5.41) is 10.6. The molecule has 0 aliphatic rings. The second-order valence-corrected chi connectivity index (χ2v) is 3.65. The van der Waals surface area contributed by atoms with Crippen LogP contribution in [0.4, 0.5) is 5.95 Å². The molecular weight excluding hydrogens is 212 g/mol. The molecule has 5 nitrogen and oxygen atoms in total. The Bertz CT molecular complexity index is 446. The summed E-state index contributed by atoms with van der Waals surface area (Å²) >= 11 is 1.57. The molecule has 0 aliphatic heterocycles. The maximum absolute atomic E-state index is 11.3. The van der Waals surface area contributed by atoms with Gasteiger partial charge in [0.25, 0.3) is 5.91 Å². The number of carbonyl (C=O) groups is 1. The van der Waals surface area contributed by atoms with Gasteiger partial charge in [-0.3, -0.25) is 10.1 Å². The van der Waals surface area contributed by atoms with Gasteiger partial charge in [-0.15, -0.1) is 11.3 Å². The van der Waals surface area contributed by atoms with E-state index in [0.717, 1.165) is 4.88 Å². The number of H-pyrrole nitrogens is 1. The average molecular weight is 220 g/mol. The Labute approximate surface area is 89.9 Å². The Kier molecular flexibility index (Phi) is 2.89. The Morgan fingerprint density at radius 1 is 1.60 bits per heavy atom. The number of carbonyl (C=O) groups excluding carboxylic acids is 1. The summed E-state index contributed by atoms with van der Waals surface area (Å²) in [6, 6.07) is 3.86. The van der Waals surface area contributed by atoms with Crippen LogP contribution in [0.3, 0.4) is 0 Å². The fourth-order valence-corrected chi connectivity index (χ4v) is 1.59. The predicted molar refractivity (Wildman–Crippen MR) is 58.4 cm³/mol. The maximum Gasteiger partial charge on any atom is 0.250 e. The fourth-order valence-electron chi connectivity index (χ4n) is 0.968. The largest absolute Gasteiger partial charge is 0.291 e. The van der Waals surface area contributed by atoms with E-state index in [9.17, 15) is 4.79 Å². The van der Waals surface area contributed by atoms with Crippen molar-refractivity contribution < 1.29 is 4.79 Å². The molecule has 0 aromatic carbocycles. The van der Waals surface area contributed by atoms with Crippen LogP contribution in [0.25, 0.3) is 6.08 Å². The van der Waals surface area contributed by atoms with Gasteiger partial charge in [0, 0.05) is 11.0 Å². The van der Waals surface area contributed by atoms with E-state index in [2.05, 4.69) is 20.5 Å². The van der Waals surface area contributed by atoms with Crippen molar-refractivity contribution >= 4 is 29.3 Å². The summed E-state index contributed by atoms with van der Waals surface area (Å²) < 4.78 is 0. The molecule has 76 valence electrons. The first-order valence-corrected chi connectivity index (χ1v) is 5.10. The number of anilines is 1. The van der Waals surface area contributed by atoms with E-state index in [1.165, 1.54) is 12.4 Å². The quantitative estimate of drug-likeness (QED) is 0.770. The topological polar surface area (TPSA) is 70.7 Å². The first-order valence-electron chi connectivity index (χ1n) is 4.22. The van der Waals surface area contributed by atoms with Crippen LogP contribution in [0.15, 0.2) is 29.9 Å². The van der Waals surface area contributed by atoms with Crippen LogP contribution >= 0.6 is 11.3 Å². The minimum absolute atomic E-state index is 0.236. The summed E-state index contributed by atoms with van der Waals surface area (Å²) in [5.74, 6) is 0.107. The normalized spacial score (nSPS) is 10.7. The van der Waals surface area contributed by atoms with Gasteiger partial charge in [0.05, 0.1) is 0 Å². The molecule has 15 heavy (non-hydrogen) atoms. The lowest BCUT2D eigenvalue weighted by Crippen LogP contribution is -2.08. The van der Waals surface area contributed by atoms with Gasteiger partial charge in [0.15, 0.2) is 0 Å². The molecule has 0 saturated heterocycles. The predicted octanol–water partition coefficient (Wildman–Crippen LogP) is 1.52. The molecule has 0 bridgehead atoms. The summed E-state index contributed by atoms with van der Waals surface area (Å²) in [6.07, 6.45) is 4.53. The van der Waals surface area contributed by atoms with Crippen LogP contribution in [-0.2, 0) is 4.79 Å². The van der Waals surface area contributed by atoms with Gasteiger partial charge in [-0.25, -0.2) is 5.10 Å². The number of aromatic nitrogens is 3. The van der Waals surface area contributed by atoms with E-state index in [1.54, 1.807) is 17.4 Å². The van der Waals surface area contributed by atoms with E-state index >= 15 is 0 Å². The zero-order chi connectivity index (χ0) is 10.5. The Morgan fingerprint density at radius 2 is 2.53 bits per heavy atom. The van der Waals surface area contributed by atoms with Crippen molar-refractivity contribution in [1.82, 2.24) is 15.2 Å². The second-order valence-electron chi connectivity index (χ2n) is 2.67. The van der Waals surface area contributed by atoms with E-state index < -0.39 is 0 Å². The van der Waals surface area contributed by atoms with Crippen molar-refractivity contribution in [2.75, 3.05) is 5.32 Å². The van der Waals surface area contributed by atoms with Gasteiger partial charge in [-0.2, -0.15) is 10.1 Å². The highest BCUT2D eigenvalue weighted by Gasteiger charge is 1.98. The number of hydrogen-bond acceptors (Lipinski definition) is 4. The number of thiophene rings is 1. The number of nitrogens with one attached hydrogen (secondary N) is 2. The minimum atomic E-state index is -0.236. The Hall–Kier alpha value is -1.95. The zero-order valence-corrected chi connectivity index (χ0v) is 8.49. The molecule has 2 rings (SSSR count). The van der Waals surface area contributed by atoms with Crippen LogP contribution in [0.2, 0.25) is 0 Å². The first kappa shape index (κ1) is 9.60. The van der Waals surface area contributed by atoms with Gasteiger partial charge >= 0.3 is 0 Å². The highest BCUT2D eigenvalue weighted by atomic mass is 32.1. The lowest BCUT2D eigenvalue weighted by molar-refractivity contribution is -0.111. The molecule has 2 heterocycles. The van der Waals surface area contributed by atoms with Gasteiger partial charge in [-0.05, 0) is 17.5 Å². The molecule has 0 fully saturated rings. The molecule has 2 aromatic heterocycles. The molecule has 0 unspecified atom stereocenters. The summed E-state index contributed by atoms with van der Waals surface area (Å²) in [4.78, 5) is 16.1. The molecule has 0 spiro atoms. The number of aromatic amines is 1. The van der Waals surface area contributed by atoms with Crippen molar-refractivity contribution in [3.63, 3.8) is 0 Å². The summed E-state index contributed by atoms with van der Waals surface area (Å²) in [6.45, 7) is 0. The molecule has 0 saturated carbocycles. The van der Waals surface area contributed by atoms with E-state index in [1.807, 2.05) is 17.5 Å². The van der Waals surface area contributed by atoms with Crippen molar-refractivity contribution in [1.29, 1.82) is 0 Å². The van der Waals surface area contributed by atoms with Crippen molar-refractivity contribution in [2.24, 2.45) is 0 Å². The van der Waals surface area contributed by atoms with E-state index in [0.29, 0.717) is 5.95 Å². The third-order valence-electron chi connectivity index (χ3n) is 1.60. The monoisotopic (exact) mass is 220 g/mol. The van der Waals surface area contributed by atoms with Crippen LogP contribution in [-0.4, -0.2) is 21.1 Å². The third kappa shape index (κ3) is 2.75. The molecule has 0 aliphatic carbocycles. The maximum atomic E-state index is 11.3. The van der Waals surface area contributed by atoms with Crippen molar-refractivity contribution in [2.45, 2.75) is 0 Å². The van der Waals surface area contributed by atoms with Crippen molar-refractivity contribution in [3.05, 3.63) is 34.8 Å². The lowest BCUT2D eigenvalue weighted by atomic mass is 10.4. The molecule has 0 atom stereocenters. The molecule has 0 radical (unpaired) electrons. The van der Waals surface area contributed by atoms with Crippen LogP contribution in [0, 0.1) is 0 Å². The van der Waals surface area contributed by atoms with E-state index in [-0.39, 0.29) is 5.91 Å². The van der Waals surface area contributed by atoms with Crippen LogP contribution in [0.5, 0.6) is 0 Å². The van der Waals surface area contributed by atoms with Gasteiger partial charge < -0.3 is 0 Å². The molecule has 2 N–H and O–H groups in total. The van der Waals surface area contributed by atoms with E-state index in [4.69, 9.17) is 0 Å². The highest BCUT2D eigenvalue weighted by molar-refractivity contribution is 7.10. The van der Waals surface area contributed by atoms with Gasteiger partial charge in [-0.1, -0.05) is 6.07 Å². The standard InChI is InChI=1S/C9H8N4OS/c14-8(12-9-10-6-11-13-9)4-3-7-2-1-5-15-7/h1-6H,(H2,10,11,12,13,14). The molecule has 2 aromatic rings. The minimum Gasteiger partial charge on any atom is -0.291 e. The van der Waals surface area contributed by atoms with Crippen LogP contribution in [0.1, 0.15) is 4.88 Å². The van der Waals surface area contributed by atoms with Gasteiger partial charge in [0.2, 0.25) is 5.95 Å². The molecule has 1 amide bonds. The SMILES string of the molecule is O=C(C=Cc1cccs1)Nc1ncn[nH]1. The Balaban J connectivity index is 1.93. The fraction of sp³-hybridized carbons (Fsp3) is 0. The highest BCUT2D eigenvalue weighted by Crippen LogP contribution is 2.10. The average Bonchev–Trinajstić information content (AvgIpc) is 2.86. The van der Waals surface area contributed by atoms with Crippen molar-refractivity contribution in [3.8, 4) is 0 Å². The smallest absolute Gasteiger partial charge is 0.250 e. The first-order chi connectivity index (χ1) is 7.34. The number of rotatable bonds is 3.